The Balaban J connectivity index is 2.48. The highest BCUT2D eigenvalue weighted by molar-refractivity contribution is 9.09. The van der Waals surface area contributed by atoms with Gasteiger partial charge in [-0.25, -0.2) is 0 Å². The molecule has 0 spiro atoms. The van der Waals surface area contributed by atoms with E-state index in [0.717, 1.165) is 0 Å². The topological polar surface area (TPSA) is 0 Å². The third-order valence-corrected chi connectivity index (χ3v) is 4.60. The number of alkyl halides is 1. The zero-order valence-electron chi connectivity index (χ0n) is 11.4. The summed E-state index contributed by atoms with van der Waals surface area (Å²) in [5.41, 5.74) is 8.10. The molecular formula is C17H19Br. The monoisotopic (exact) mass is 302 g/mol. The predicted molar refractivity (Wildman–Crippen MR) is 82.6 cm³/mol. The standard InChI is InChI=1S/C17H19Br/c1-11-8-9-15(13(3)10-11)17(18)16-7-5-6-12(2)14(16)4/h5-10,17H,1-4H3. The first kappa shape index (κ1) is 13.4. The van der Waals surface area contributed by atoms with E-state index in [4.69, 9.17) is 0 Å². The largest absolute Gasteiger partial charge is 0.0786 e. The molecule has 2 aromatic carbocycles. The van der Waals surface area contributed by atoms with Gasteiger partial charge in [-0.05, 0) is 55.5 Å². The van der Waals surface area contributed by atoms with Crippen molar-refractivity contribution in [2.75, 3.05) is 0 Å². The number of hydrogen-bond acceptors (Lipinski definition) is 0. The second kappa shape index (κ2) is 5.27. The average molecular weight is 303 g/mol. The van der Waals surface area contributed by atoms with Crippen LogP contribution in [0.15, 0.2) is 36.4 Å². The molecule has 0 amide bonds. The minimum Gasteiger partial charge on any atom is -0.0786 e. The summed E-state index contributed by atoms with van der Waals surface area (Å²) >= 11 is 3.85. The zero-order valence-corrected chi connectivity index (χ0v) is 13.0. The average Bonchev–Trinajstić information content (AvgIpc) is 2.32. The minimum atomic E-state index is 0.276. The quantitative estimate of drug-likeness (QED) is 0.651. The second-order valence-corrected chi connectivity index (χ2v) is 5.93. The Morgan fingerprint density at radius 1 is 0.833 bits per heavy atom. The van der Waals surface area contributed by atoms with Gasteiger partial charge in [0, 0.05) is 0 Å². The summed E-state index contributed by atoms with van der Waals surface area (Å²) in [6, 6.07) is 13.2. The van der Waals surface area contributed by atoms with E-state index < -0.39 is 0 Å². The van der Waals surface area contributed by atoms with Crippen molar-refractivity contribution in [3.05, 3.63) is 69.8 Å². The molecule has 0 fully saturated rings. The highest BCUT2D eigenvalue weighted by Crippen LogP contribution is 2.35. The molecule has 18 heavy (non-hydrogen) atoms. The highest BCUT2D eigenvalue weighted by atomic mass is 79.9. The smallest absolute Gasteiger partial charge is 0.0649 e. The first-order valence-corrected chi connectivity index (χ1v) is 7.19. The summed E-state index contributed by atoms with van der Waals surface area (Å²) in [7, 11) is 0. The maximum atomic E-state index is 3.85. The van der Waals surface area contributed by atoms with Crippen LogP contribution >= 0.6 is 15.9 Å². The number of aryl methyl sites for hydroxylation is 3. The van der Waals surface area contributed by atoms with Crippen LogP contribution in [-0.2, 0) is 0 Å². The number of hydrogen-bond donors (Lipinski definition) is 0. The van der Waals surface area contributed by atoms with E-state index in [0.29, 0.717) is 0 Å². The van der Waals surface area contributed by atoms with Crippen molar-refractivity contribution in [3.8, 4) is 0 Å². The van der Waals surface area contributed by atoms with E-state index in [1.54, 1.807) is 0 Å². The fourth-order valence-corrected chi connectivity index (χ4v) is 3.34. The van der Waals surface area contributed by atoms with Gasteiger partial charge in [-0.2, -0.15) is 0 Å². The Morgan fingerprint density at radius 3 is 2.22 bits per heavy atom. The van der Waals surface area contributed by atoms with Gasteiger partial charge in [-0.1, -0.05) is 57.9 Å². The molecule has 0 bridgehead atoms. The Bertz CT molecular complexity index is 570. The Labute approximate surface area is 118 Å². The van der Waals surface area contributed by atoms with E-state index >= 15 is 0 Å². The molecule has 1 unspecified atom stereocenters. The van der Waals surface area contributed by atoms with Crippen molar-refractivity contribution in [2.24, 2.45) is 0 Å². The molecule has 0 N–H and O–H groups in total. The molecule has 2 rings (SSSR count). The van der Waals surface area contributed by atoms with Gasteiger partial charge < -0.3 is 0 Å². The van der Waals surface area contributed by atoms with Crippen LogP contribution < -0.4 is 0 Å². The molecule has 0 nitrogen and oxygen atoms in total. The number of rotatable bonds is 2. The number of benzene rings is 2. The molecule has 2 aromatic rings. The first-order chi connectivity index (χ1) is 8.50. The van der Waals surface area contributed by atoms with Crippen LogP contribution in [0, 0.1) is 27.7 Å². The maximum Gasteiger partial charge on any atom is 0.0649 e. The molecule has 0 aliphatic rings. The lowest BCUT2D eigenvalue weighted by molar-refractivity contribution is 1.10. The van der Waals surface area contributed by atoms with E-state index in [-0.39, 0.29) is 4.83 Å². The summed E-state index contributed by atoms with van der Waals surface area (Å²) in [5, 5.41) is 0. The highest BCUT2D eigenvalue weighted by Gasteiger charge is 2.15. The molecule has 0 aromatic heterocycles. The maximum absolute atomic E-state index is 3.85. The summed E-state index contributed by atoms with van der Waals surface area (Å²) < 4.78 is 0. The lowest BCUT2D eigenvalue weighted by Crippen LogP contribution is -2.00. The molecular weight excluding hydrogens is 284 g/mol. The van der Waals surface area contributed by atoms with Crippen LogP contribution in [0.2, 0.25) is 0 Å². The van der Waals surface area contributed by atoms with Gasteiger partial charge in [0.2, 0.25) is 0 Å². The van der Waals surface area contributed by atoms with Gasteiger partial charge in [-0.3, -0.25) is 0 Å². The Kier molecular flexibility index (Phi) is 3.91. The third-order valence-electron chi connectivity index (χ3n) is 3.62. The molecule has 1 atom stereocenters. The number of halogens is 1. The summed E-state index contributed by atoms with van der Waals surface area (Å²) in [5.74, 6) is 0. The van der Waals surface area contributed by atoms with Crippen molar-refractivity contribution in [1.29, 1.82) is 0 Å². The van der Waals surface area contributed by atoms with Crippen molar-refractivity contribution in [3.63, 3.8) is 0 Å². The third kappa shape index (κ3) is 2.51. The Morgan fingerprint density at radius 2 is 1.56 bits per heavy atom. The van der Waals surface area contributed by atoms with Crippen LogP contribution in [0.4, 0.5) is 0 Å². The minimum absolute atomic E-state index is 0.276. The zero-order chi connectivity index (χ0) is 13.3. The van der Waals surface area contributed by atoms with Gasteiger partial charge in [0.25, 0.3) is 0 Å². The lowest BCUT2D eigenvalue weighted by Gasteiger charge is -2.17. The van der Waals surface area contributed by atoms with Gasteiger partial charge in [0.15, 0.2) is 0 Å². The Hall–Kier alpha value is -1.08. The predicted octanol–water partition coefficient (Wildman–Crippen LogP) is 5.40. The molecule has 0 aliphatic heterocycles. The SMILES string of the molecule is Cc1ccc(C(Br)c2cccc(C)c2C)c(C)c1. The van der Waals surface area contributed by atoms with E-state index in [9.17, 15) is 0 Å². The van der Waals surface area contributed by atoms with Crippen LogP contribution in [0.3, 0.4) is 0 Å². The summed E-state index contributed by atoms with van der Waals surface area (Å²) in [6.45, 7) is 8.68. The van der Waals surface area contributed by atoms with Crippen LogP contribution in [0.1, 0.15) is 38.2 Å². The molecule has 94 valence electrons. The molecule has 0 aliphatic carbocycles. The van der Waals surface area contributed by atoms with E-state index in [1.807, 2.05) is 0 Å². The first-order valence-electron chi connectivity index (χ1n) is 6.28. The van der Waals surface area contributed by atoms with Crippen molar-refractivity contribution >= 4 is 15.9 Å². The van der Waals surface area contributed by atoms with Crippen molar-refractivity contribution in [2.45, 2.75) is 32.5 Å². The lowest BCUT2D eigenvalue weighted by atomic mass is 9.94. The molecule has 1 heteroatoms. The molecule has 0 saturated heterocycles. The van der Waals surface area contributed by atoms with Gasteiger partial charge >= 0.3 is 0 Å². The van der Waals surface area contributed by atoms with E-state index in [2.05, 4.69) is 80.0 Å². The van der Waals surface area contributed by atoms with Crippen LogP contribution in [0.25, 0.3) is 0 Å². The van der Waals surface area contributed by atoms with E-state index in [1.165, 1.54) is 33.4 Å². The fourth-order valence-electron chi connectivity index (χ4n) is 2.33. The van der Waals surface area contributed by atoms with Crippen molar-refractivity contribution in [1.82, 2.24) is 0 Å². The fraction of sp³-hybridized carbons (Fsp3) is 0.294. The summed E-state index contributed by atoms with van der Waals surface area (Å²) in [6.07, 6.45) is 0. The molecule has 0 heterocycles. The van der Waals surface area contributed by atoms with Crippen LogP contribution in [0.5, 0.6) is 0 Å². The van der Waals surface area contributed by atoms with Crippen LogP contribution in [-0.4, -0.2) is 0 Å². The summed E-state index contributed by atoms with van der Waals surface area (Å²) in [4.78, 5) is 0.276. The second-order valence-electron chi connectivity index (χ2n) is 5.01. The van der Waals surface area contributed by atoms with Crippen molar-refractivity contribution < 1.29 is 0 Å². The normalized spacial score (nSPS) is 12.5. The van der Waals surface area contributed by atoms with Gasteiger partial charge in [-0.15, -0.1) is 0 Å². The molecule has 0 saturated carbocycles. The molecule has 0 radical (unpaired) electrons. The van der Waals surface area contributed by atoms with Gasteiger partial charge in [0.1, 0.15) is 0 Å². The van der Waals surface area contributed by atoms with Gasteiger partial charge in [0.05, 0.1) is 4.83 Å².